The SMILES string of the molecule is C[C@H](NC(=O)[C@@H]1CC(=O)CN1C(=O)CNC(=O)c1ccc2cc(F)ccc2n1)c1ccc(N2CCN(C)CC2)cc1/C=C/C1CC1. The Balaban J connectivity index is 1.11. The molecule has 1 aromatic heterocycles. The van der Waals surface area contributed by atoms with Crippen molar-refractivity contribution in [1.82, 2.24) is 25.4 Å². The predicted octanol–water partition coefficient (Wildman–Crippen LogP) is 3.33. The predicted molar refractivity (Wildman–Crippen MR) is 174 cm³/mol. The topological polar surface area (TPSA) is 115 Å². The van der Waals surface area contributed by atoms with Gasteiger partial charge in [-0.1, -0.05) is 24.3 Å². The minimum absolute atomic E-state index is 0.0673. The molecule has 11 heteroatoms. The minimum atomic E-state index is -0.969. The van der Waals surface area contributed by atoms with E-state index in [4.69, 9.17) is 0 Å². The number of rotatable bonds is 9. The van der Waals surface area contributed by atoms with Crippen molar-refractivity contribution in [3.05, 3.63) is 77.2 Å². The molecule has 0 bridgehead atoms. The zero-order valence-corrected chi connectivity index (χ0v) is 26.2. The lowest BCUT2D eigenvalue weighted by Gasteiger charge is -2.34. The van der Waals surface area contributed by atoms with Crippen molar-refractivity contribution in [1.29, 1.82) is 0 Å². The summed E-state index contributed by atoms with van der Waals surface area (Å²) < 4.78 is 13.5. The molecule has 240 valence electrons. The molecule has 2 atom stereocenters. The molecule has 2 N–H and O–H groups in total. The highest BCUT2D eigenvalue weighted by molar-refractivity contribution is 6.01. The third kappa shape index (κ3) is 7.25. The number of aromatic nitrogens is 1. The first-order valence-corrected chi connectivity index (χ1v) is 15.9. The second-order valence-corrected chi connectivity index (χ2v) is 12.5. The van der Waals surface area contributed by atoms with Crippen LogP contribution in [0, 0.1) is 11.7 Å². The number of amides is 3. The van der Waals surface area contributed by atoms with Crippen molar-refractivity contribution in [2.24, 2.45) is 5.92 Å². The van der Waals surface area contributed by atoms with E-state index in [2.05, 4.69) is 62.8 Å². The summed E-state index contributed by atoms with van der Waals surface area (Å²) in [6.45, 7) is 5.22. The first kappa shape index (κ1) is 31.3. The van der Waals surface area contributed by atoms with Crippen molar-refractivity contribution in [2.75, 3.05) is 51.2 Å². The third-order valence-electron chi connectivity index (χ3n) is 8.99. The Morgan fingerprint density at radius 3 is 2.59 bits per heavy atom. The van der Waals surface area contributed by atoms with Crippen LogP contribution in [0.3, 0.4) is 0 Å². The van der Waals surface area contributed by atoms with Crippen LogP contribution in [0.2, 0.25) is 0 Å². The highest BCUT2D eigenvalue weighted by atomic mass is 19.1. The molecule has 1 saturated carbocycles. The molecular weight excluding hydrogens is 587 g/mol. The quantitative estimate of drug-likeness (QED) is 0.375. The van der Waals surface area contributed by atoms with E-state index in [0.717, 1.165) is 43.0 Å². The molecule has 0 radical (unpaired) electrons. The third-order valence-corrected chi connectivity index (χ3v) is 8.99. The van der Waals surface area contributed by atoms with Gasteiger partial charge in [0, 0.05) is 43.7 Å². The highest BCUT2D eigenvalue weighted by Crippen LogP contribution is 2.33. The molecule has 2 aliphatic heterocycles. The van der Waals surface area contributed by atoms with Crippen LogP contribution in [0.25, 0.3) is 17.0 Å². The molecule has 3 fully saturated rings. The van der Waals surface area contributed by atoms with Crippen LogP contribution in [-0.4, -0.2) is 90.6 Å². The van der Waals surface area contributed by atoms with Crippen LogP contribution in [-0.2, 0) is 14.4 Å². The zero-order valence-electron chi connectivity index (χ0n) is 26.2. The summed E-state index contributed by atoms with van der Waals surface area (Å²) in [5.41, 5.74) is 3.66. The average molecular weight is 627 g/mol. The fourth-order valence-electron chi connectivity index (χ4n) is 6.04. The first-order chi connectivity index (χ1) is 22.1. The lowest BCUT2D eigenvalue weighted by Crippen LogP contribution is -2.49. The Labute approximate surface area is 267 Å². The lowest BCUT2D eigenvalue weighted by atomic mass is 9.98. The molecule has 0 unspecified atom stereocenters. The number of nitrogens with one attached hydrogen (secondary N) is 2. The zero-order chi connectivity index (χ0) is 32.4. The summed E-state index contributed by atoms with van der Waals surface area (Å²) >= 11 is 0. The maximum atomic E-state index is 13.5. The number of carbonyl (C=O) groups is 4. The van der Waals surface area contributed by atoms with E-state index in [9.17, 15) is 23.6 Å². The number of halogens is 1. The monoisotopic (exact) mass is 626 g/mol. The number of piperazine rings is 1. The average Bonchev–Trinajstić information content (AvgIpc) is 3.80. The highest BCUT2D eigenvalue weighted by Gasteiger charge is 2.39. The second-order valence-electron chi connectivity index (χ2n) is 12.5. The smallest absolute Gasteiger partial charge is 0.270 e. The summed E-state index contributed by atoms with van der Waals surface area (Å²) in [5, 5.41) is 6.12. The van der Waals surface area contributed by atoms with Crippen LogP contribution < -0.4 is 15.5 Å². The Morgan fingerprint density at radius 1 is 1.04 bits per heavy atom. The van der Waals surface area contributed by atoms with Crippen LogP contribution in [0.5, 0.6) is 0 Å². The van der Waals surface area contributed by atoms with E-state index in [-0.39, 0.29) is 30.5 Å². The van der Waals surface area contributed by atoms with E-state index in [0.29, 0.717) is 16.8 Å². The normalized spacial score (nSPS) is 19.5. The van der Waals surface area contributed by atoms with Gasteiger partial charge in [-0.15, -0.1) is 0 Å². The van der Waals surface area contributed by atoms with Crippen molar-refractivity contribution in [3.63, 3.8) is 0 Å². The number of hydrogen-bond donors (Lipinski definition) is 2. The summed E-state index contributed by atoms with van der Waals surface area (Å²) in [5.74, 6) is -1.58. The number of likely N-dealkylation sites (tertiary alicyclic amines) is 1. The molecule has 46 heavy (non-hydrogen) atoms. The summed E-state index contributed by atoms with van der Waals surface area (Å²) in [6, 6.07) is 12.1. The van der Waals surface area contributed by atoms with Gasteiger partial charge in [0.15, 0.2) is 5.78 Å². The maximum absolute atomic E-state index is 13.5. The van der Waals surface area contributed by atoms with Gasteiger partial charge in [-0.2, -0.15) is 0 Å². The largest absolute Gasteiger partial charge is 0.369 e. The van der Waals surface area contributed by atoms with Gasteiger partial charge in [0.25, 0.3) is 5.91 Å². The summed E-state index contributed by atoms with van der Waals surface area (Å²) in [7, 11) is 2.13. The Bertz CT molecular complexity index is 1700. The molecule has 2 saturated heterocycles. The molecule has 3 aromatic rings. The molecule has 6 rings (SSSR count). The molecule has 2 aromatic carbocycles. The molecule has 10 nitrogen and oxygen atoms in total. The first-order valence-electron chi connectivity index (χ1n) is 15.9. The maximum Gasteiger partial charge on any atom is 0.270 e. The Morgan fingerprint density at radius 2 is 1.83 bits per heavy atom. The number of allylic oxidation sites excluding steroid dienone is 1. The van der Waals surface area contributed by atoms with Gasteiger partial charge in [0.05, 0.1) is 24.6 Å². The van der Waals surface area contributed by atoms with Gasteiger partial charge in [0.1, 0.15) is 17.6 Å². The van der Waals surface area contributed by atoms with Crippen molar-refractivity contribution < 1.29 is 23.6 Å². The molecule has 3 heterocycles. The van der Waals surface area contributed by atoms with Gasteiger partial charge in [-0.3, -0.25) is 19.2 Å². The van der Waals surface area contributed by atoms with Crippen molar-refractivity contribution >= 4 is 46.2 Å². The van der Waals surface area contributed by atoms with Gasteiger partial charge >= 0.3 is 0 Å². The van der Waals surface area contributed by atoms with Gasteiger partial charge in [-0.25, -0.2) is 9.37 Å². The van der Waals surface area contributed by atoms with Crippen LogP contribution >= 0.6 is 0 Å². The number of ketones is 1. The van der Waals surface area contributed by atoms with Crippen LogP contribution in [0.4, 0.5) is 10.1 Å². The Hall–Kier alpha value is -4.64. The number of fused-ring (bicyclic) bond motifs is 1. The molecule has 3 aliphatic rings. The van der Waals surface area contributed by atoms with Gasteiger partial charge < -0.3 is 25.3 Å². The lowest BCUT2D eigenvalue weighted by molar-refractivity contribution is -0.138. The van der Waals surface area contributed by atoms with E-state index >= 15 is 0 Å². The number of carbonyl (C=O) groups excluding carboxylic acids is 4. The number of benzene rings is 2. The van der Waals surface area contributed by atoms with Crippen molar-refractivity contribution in [3.8, 4) is 0 Å². The minimum Gasteiger partial charge on any atom is -0.369 e. The fraction of sp³-hybridized carbons (Fsp3) is 0.400. The van der Waals surface area contributed by atoms with E-state index in [1.807, 2.05) is 6.92 Å². The van der Waals surface area contributed by atoms with Crippen LogP contribution in [0.15, 0.2) is 54.6 Å². The summed E-state index contributed by atoms with van der Waals surface area (Å²) in [4.78, 5) is 62.0. The molecule has 3 amide bonds. The number of Topliss-reactive ketones (excluding diaryl/α,β-unsaturated/α-hetero) is 1. The molecule has 0 spiro atoms. The molecular formula is C35H39FN6O4. The van der Waals surface area contributed by atoms with Gasteiger partial charge in [0.2, 0.25) is 11.8 Å². The number of likely N-dealkylation sites (N-methyl/N-ethyl adjacent to an activating group) is 1. The van der Waals surface area contributed by atoms with Gasteiger partial charge in [-0.05, 0) is 80.3 Å². The second kappa shape index (κ2) is 13.4. The summed E-state index contributed by atoms with van der Waals surface area (Å²) in [6.07, 6.45) is 6.68. The van der Waals surface area contributed by atoms with Crippen molar-refractivity contribution in [2.45, 2.75) is 38.3 Å². The Kier molecular flexibility index (Phi) is 9.12. The van der Waals surface area contributed by atoms with E-state index in [1.54, 1.807) is 6.07 Å². The molecule has 1 aliphatic carbocycles. The number of nitrogens with zero attached hydrogens (tertiary/aromatic N) is 4. The fourth-order valence-corrected chi connectivity index (χ4v) is 6.04. The number of pyridine rings is 1. The van der Waals surface area contributed by atoms with E-state index in [1.165, 1.54) is 42.0 Å². The van der Waals surface area contributed by atoms with E-state index < -0.39 is 36.1 Å². The number of hydrogen-bond acceptors (Lipinski definition) is 7. The standard InChI is InChI=1S/C35H39FN6O4/c1-22(29-10-9-27(41-15-13-40(2)14-16-41)18-24(29)6-5-23-3-4-23)38-35(46)32-19-28(43)21-42(32)33(44)20-37-34(45)31-11-7-25-17-26(36)8-12-30(25)39-31/h5-12,17-18,22-23,32H,3-4,13-16,19-21H2,1-2H3,(H,37,45)(H,38,46)/b6-5+/t22-,32-/m0/s1. The van der Waals surface area contributed by atoms with Crippen LogP contribution in [0.1, 0.15) is 53.8 Å². The number of anilines is 1.